The molecule has 0 atom stereocenters. The summed E-state index contributed by atoms with van der Waals surface area (Å²) in [4.78, 5) is 27.3. The number of rotatable bonds is 6. The van der Waals surface area contributed by atoms with Gasteiger partial charge in [-0.05, 0) is 49.4 Å². The number of amides is 2. The number of carbonyl (C=O) groups is 2. The highest BCUT2D eigenvalue weighted by Gasteiger charge is 2.25. The van der Waals surface area contributed by atoms with E-state index in [9.17, 15) is 14.0 Å². The second-order valence-electron chi connectivity index (χ2n) is 7.11. The Labute approximate surface area is 175 Å². The zero-order chi connectivity index (χ0) is 21.5. The van der Waals surface area contributed by atoms with Gasteiger partial charge in [0.2, 0.25) is 0 Å². The Bertz CT molecular complexity index is 880. The highest BCUT2D eigenvalue weighted by atomic mass is 19.1. The molecule has 0 aromatic heterocycles. The normalized spacial score (nSPS) is 14.3. The summed E-state index contributed by atoms with van der Waals surface area (Å²) in [6.07, 6.45) is -0.521. The lowest BCUT2D eigenvalue weighted by Crippen LogP contribution is -3.13. The number of piperazine rings is 1. The van der Waals surface area contributed by atoms with Gasteiger partial charge in [-0.1, -0.05) is 0 Å². The van der Waals surface area contributed by atoms with Crippen molar-refractivity contribution in [2.75, 3.05) is 45.2 Å². The first kappa shape index (κ1) is 21.6. The molecule has 0 aliphatic carbocycles. The second-order valence-corrected chi connectivity index (χ2v) is 7.11. The van der Waals surface area contributed by atoms with Crippen molar-refractivity contribution in [3.05, 3.63) is 59.4 Å². The Kier molecular flexibility index (Phi) is 7.24. The van der Waals surface area contributed by atoms with Crippen molar-refractivity contribution in [3.63, 3.8) is 0 Å². The minimum atomic E-state index is -0.521. The fourth-order valence-corrected chi connectivity index (χ4v) is 3.48. The summed E-state index contributed by atoms with van der Waals surface area (Å²) < 4.78 is 23.7. The maximum absolute atomic E-state index is 13.9. The molecule has 0 unspecified atom stereocenters. The number of ether oxygens (including phenoxy) is 2. The molecule has 8 heteroatoms. The van der Waals surface area contributed by atoms with E-state index in [-0.39, 0.29) is 17.5 Å². The highest BCUT2D eigenvalue weighted by Crippen LogP contribution is 2.17. The number of benzene rings is 2. The second kappa shape index (κ2) is 10.1. The van der Waals surface area contributed by atoms with Crippen molar-refractivity contribution in [1.82, 2.24) is 4.90 Å². The molecule has 1 heterocycles. The van der Waals surface area contributed by atoms with Gasteiger partial charge in [-0.2, -0.15) is 0 Å². The van der Waals surface area contributed by atoms with Crippen molar-refractivity contribution in [1.29, 1.82) is 0 Å². The van der Waals surface area contributed by atoms with Crippen LogP contribution in [-0.2, 0) is 11.3 Å². The molecule has 1 aliphatic rings. The molecule has 160 valence electrons. The van der Waals surface area contributed by atoms with Gasteiger partial charge in [0.1, 0.15) is 6.54 Å². The van der Waals surface area contributed by atoms with Gasteiger partial charge in [-0.25, -0.2) is 9.18 Å². The average molecular weight is 416 g/mol. The number of hydrogen-bond acceptors (Lipinski definition) is 4. The smallest absolute Gasteiger partial charge is 0.411 e. The molecule has 1 saturated heterocycles. The molecule has 2 aromatic rings. The van der Waals surface area contributed by atoms with Crippen molar-refractivity contribution < 1.29 is 28.4 Å². The Morgan fingerprint density at radius 2 is 1.83 bits per heavy atom. The van der Waals surface area contributed by atoms with E-state index in [1.54, 1.807) is 37.3 Å². The van der Waals surface area contributed by atoms with Crippen LogP contribution in [0.3, 0.4) is 0 Å². The SMILES string of the molecule is CCOC(=O)Nc1ccc(C(=O)N2CC[NH+](Cc3ccc(OC)c(F)c3)CC2)cc1. The topological polar surface area (TPSA) is 72.3 Å². The molecule has 7 nitrogen and oxygen atoms in total. The van der Waals surface area contributed by atoms with E-state index in [1.165, 1.54) is 18.1 Å². The van der Waals surface area contributed by atoms with Crippen LogP contribution in [0.4, 0.5) is 14.9 Å². The molecule has 0 radical (unpaired) electrons. The minimum Gasteiger partial charge on any atom is -0.494 e. The predicted molar refractivity (Wildman–Crippen MR) is 110 cm³/mol. The molecule has 0 saturated carbocycles. The van der Waals surface area contributed by atoms with Crippen molar-refractivity contribution >= 4 is 17.7 Å². The monoisotopic (exact) mass is 416 g/mol. The fraction of sp³-hybridized carbons (Fsp3) is 0.364. The van der Waals surface area contributed by atoms with Crippen molar-refractivity contribution in [2.45, 2.75) is 13.5 Å². The van der Waals surface area contributed by atoms with Crippen LogP contribution < -0.4 is 15.0 Å². The summed E-state index contributed by atoms with van der Waals surface area (Å²) in [5, 5.41) is 2.60. The summed E-state index contributed by atoms with van der Waals surface area (Å²) >= 11 is 0. The molecule has 1 fully saturated rings. The standard InChI is InChI=1S/C22H26FN3O4/c1-3-30-22(28)24-18-7-5-17(6-8-18)21(27)26-12-10-25(11-13-26)15-16-4-9-20(29-2)19(23)14-16/h4-9,14H,3,10-13,15H2,1-2H3,(H,24,28)/p+1. The zero-order valence-corrected chi connectivity index (χ0v) is 17.2. The fourth-order valence-electron chi connectivity index (χ4n) is 3.48. The first-order chi connectivity index (χ1) is 14.5. The Balaban J connectivity index is 1.51. The number of halogens is 1. The van der Waals surface area contributed by atoms with Crippen LogP contribution in [0.2, 0.25) is 0 Å². The van der Waals surface area contributed by atoms with Crippen LogP contribution in [0.25, 0.3) is 0 Å². The zero-order valence-electron chi connectivity index (χ0n) is 17.2. The van der Waals surface area contributed by atoms with E-state index < -0.39 is 6.09 Å². The molecule has 2 amide bonds. The molecule has 3 rings (SSSR count). The molecule has 30 heavy (non-hydrogen) atoms. The number of hydrogen-bond donors (Lipinski definition) is 2. The van der Waals surface area contributed by atoms with Gasteiger partial charge in [-0.15, -0.1) is 0 Å². The number of quaternary nitrogens is 1. The van der Waals surface area contributed by atoms with Crippen LogP contribution >= 0.6 is 0 Å². The molecular weight excluding hydrogens is 389 g/mol. The lowest BCUT2D eigenvalue weighted by atomic mass is 10.1. The van der Waals surface area contributed by atoms with Crippen LogP contribution in [0.15, 0.2) is 42.5 Å². The lowest BCUT2D eigenvalue weighted by Gasteiger charge is -2.32. The number of anilines is 1. The molecular formula is C22H27FN3O4+. The quantitative estimate of drug-likeness (QED) is 0.755. The van der Waals surface area contributed by atoms with Gasteiger partial charge in [0.15, 0.2) is 11.6 Å². The van der Waals surface area contributed by atoms with Gasteiger partial charge in [0.25, 0.3) is 5.91 Å². The summed E-state index contributed by atoms with van der Waals surface area (Å²) in [5.74, 6) is -0.149. The van der Waals surface area contributed by atoms with Gasteiger partial charge in [0, 0.05) is 16.8 Å². The Hall–Kier alpha value is -3.13. The van der Waals surface area contributed by atoms with Crippen molar-refractivity contribution in [2.24, 2.45) is 0 Å². The van der Waals surface area contributed by atoms with E-state index in [0.717, 1.165) is 18.7 Å². The molecule has 0 bridgehead atoms. The third-order valence-electron chi connectivity index (χ3n) is 5.08. The van der Waals surface area contributed by atoms with Gasteiger partial charge in [-0.3, -0.25) is 10.1 Å². The lowest BCUT2D eigenvalue weighted by molar-refractivity contribution is -0.917. The van der Waals surface area contributed by atoms with E-state index in [0.29, 0.717) is 37.5 Å². The Morgan fingerprint density at radius 3 is 2.43 bits per heavy atom. The molecule has 1 aliphatic heterocycles. The molecule has 0 spiro atoms. The first-order valence-corrected chi connectivity index (χ1v) is 9.99. The van der Waals surface area contributed by atoms with Crippen LogP contribution in [0.5, 0.6) is 5.75 Å². The Morgan fingerprint density at radius 1 is 1.13 bits per heavy atom. The first-order valence-electron chi connectivity index (χ1n) is 9.99. The predicted octanol–water partition coefficient (Wildman–Crippen LogP) is 1.94. The summed E-state index contributed by atoms with van der Waals surface area (Å²) in [6, 6.07) is 11.8. The number of methoxy groups -OCH3 is 1. The van der Waals surface area contributed by atoms with Gasteiger partial charge >= 0.3 is 6.09 Å². The van der Waals surface area contributed by atoms with Gasteiger partial charge in [0.05, 0.1) is 39.9 Å². The van der Waals surface area contributed by atoms with E-state index in [1.807, 2.05) is 11.0 Å². The van der Waals surface area contributed by atoms with Crippen LogP contribution in [0.1, 0.15) is 22.8 Å². The van der Waals surface area contributed by atoms with Crippen LogP contribution in [-0.4, -0.2) is 56.8 Å². The van der Waals surface area contributed by atoms with E-state index in [4.69, 9.17) is 9.47 Å². The maximum atomic E-state index is 13.9. The summed E-state index contributed by atoms with van der Waals surface area (Å²) in [5.41, 5.74) is 2.06. The molecule has 2 aromatic carbocycles. The average Bonchev–Trinajstić information content (AvgIpc) is 2.75. The van der Waals surface area contributed by atoms with Crippen LogP contribution in [0, 0.1) is 5.82 Å². The highest BCUT2D eigenvalue weighted by molar-refractivity contribution is 5.95. The number of carbonyl (C=O) groups excluding carboxylic acids is 2. The van der Waals surface area contributed by atoms with Crippen molar-refractivity contribution in [3.8, 4) is 5.75 Å². The third kappa shape index (κ3) is 5.48. The summed E-state index contributed by atoms with van der Waals surface area (Å²) in [6.45, 7) is 5.59. The van der Waals surface area contributed by atoms with E-state index in [2.05, 4.69) is 5.32 Å². The third-order valence-corrected chi connectivity index (χ3v) is 5.08. The van der Waals surface area contributed by atoms with Gasteiger partial charge < -0.3 is 19.3 Å². The minimum absolute atomic E-state index is 0.0350. The van der Waals surface area contributed by atoms with E-state index >= 15 is 0 Å². The largest absolute Gasteiger partial charge is 0.494 e. The number of nitrogens with zero attached hydrogens (tertiary/aromatic N) is 1. The number of nitrogens with one attached hydrogen (secondary N) is 2. The summed E-state index contributed by atoms with van der Waals surface area (Å²) in [7, 11) is 1.45. The molecule has 2 N–H and O–H groups in total. The maximum Gasteiger partial charge on any atom is 0.411 e.